The molecule has 5 nitrogen and oxygen atoms in total. The van der Waals surface area contributed by atoms with Crippen molar-refractivity contribution in [3.8, 4) is 0 Å². The second kappa shape index (κ2) is 7.24. The summed E-state index contributed by atoms with van der Waals surface area (Å²) in [4.78, 5) is 24.4. The van der Waals surface area contributed by atoms with Crippen molar-refractivity contribution >= 4 is 11.9 Å². The predicted octanol–water partition coefficient (Wildman–Crippen LogP) is 1.49. The fourth-order valence-corrected chi connectivity index (χ4v) is 2.15. The number of hydrogen-bond acceptors (Lipinski definition) is 2. The summed E-state index contributed by atoms with van der Waals surface area (Å²) in [5.74, 6) is 0.224. The zero-order valence-electron chi connectivity index (χ0n) is 11.7. The van der Waals surface area contributed by atoms with E-state index in [0.29, 0.717) is 6.42 Å². The van der Waals surface area contributed by atoms with Crippen molar-refractivity contribution in [3.05, 3.63) is 0 Å². The van der Waals surface area contributed by atoms with E-state index in [9.17, 15) is 9.59 Å². The lowest BCUT2D eigenvalue weighted by atomic mass is 10.0. The van der Waals surface area contributed by atoms with Crippen molar-refractivity contribution in [2.75, 3.05) is 13.6 Å². The lowest BCUT2D eigenvalue weighted by Gasteiger charge is -2.15. The minimum Gasteiger partial charge on any atom is -0.346 e. The highest BCUT2D eigenvalue weighted by Crippen LogP contribution is 2.12. The number of hydrogen-bond donors (Lipinski definition) is 2. The van der Waals surface area contributed by atoms with E-state index >= 15 is 0 Å². The van der Waals surface area contributed by atoms with Crippen molar-refractivity contribution in [1.82, 2.24) is 15.5 Å². The van der Waals surface area contributed by atoms with Crippen molar-refractivity contribution in [1.29, 1.82) is 0 Å². The van der Waals surface area contributed by atoms with E-state index in [4.69, 9.17) is 0 Å². The first-order chi connectivity index (χ1) is 8.54. The average molecular weight is 255 g/mol. The SMILES string of the molecule is CCN(C)C(=O)CCCCCC1NC(=O)NC1C. The molecule has 3 amide bonds. The van der Waals surface area contributed by atoms with Crippen LogP contribution in [-0.4, -0.2) is 42.5 Å². The Morgan fingerprint density at radius 1 is 1.28 bits per heavy atom. The first kappa shape index (κ1) is 14.8. The Hall–Kier alpha value is -1.26. The van der Waals surface area contributed by atoms with Gasteiger partial charge in [-0.25, -0.2) is 4.79 Å². The summed E-state index contributed by atoms with van der Waals surface area (Å²) in [6.45, 7) is 4.77. The minimum absolute atomic E-state index is 0.0627. The monoisotopic (exact) mass is 255 g/mol. The average Bonchev–Trinajstić information content (AvgIpc) is 2.66. The van der Waals surface area contributed by atoms with Gasteiger partial charge in [-0.15, -0.1) is 0 Å². The van der Waals surface area contributed by atoms with E-state index < -0.39 is 0 Å². The normalized spacial score (nSPS) is 22.5. The van der Waals surface area contributed by atoms with Gasteiger partial charge in [0, 0.05) is 26.1 Å². The van der Waals surface area contributed by atoms with Crippen molar-refractivity contribution in [2.24, 2.45) is 0 Å². The van der Waals surface area contributed by atoms with Crippen LogP contribution in [0.15, 0.2) is 0 Å². The molecule has 0 saturated carbocycles. The number of rotatable bonds is 7. The second-order valence-corrected chi connectivity index (χ2v) is 5.02. The molecule has 1 fully saturated rings. The van der Waals surface area contributed by atoms with Crippen molar-refractivity contribution in [3.63, 3.8) is 0 Å². The standard InChI is InChI=1S/C13H25N3O2/c1-4-16(3)12(17)9-7-5-6-8-11-10(2)14-13(18)15-11/h10-11H,4-9H2,1-3H3,(H2,14,15,18). The first-order valence-corrected chi connectivity index (χ1v) is 6.85. The first-order valence-electron chi connectivity index (χ1n) is 6.85. The van der Waals surface area contributed by atoms with Gasteiger partial charge in [0.2, 0.25) is 5.91 Å². The highest BCUT2D eigenvalue weighted by atomic mass is 16.2. The quantitative estimate of drug-likeness (QED) is 0.677. The van der Waals surface area contributed by atoms with E-state index in [0.717, 1.165) is 32.2 Å². The number of carbonyl (C=O) groups is 2. The highest BCUT2D eigenvalue weighted by Gasteiger charge is 2.26. The number of unbranched alkanes of at least 4 members (excludes halogenated alkanes) is 2. The Morgan fingerprint density at radius 3 is 2.56 bits per heavy atom. The summed E-state index contributed by atoms with van der Waals surface area (Å²) in [7, 11) is 1.84. The molecule has 0 aliphatic carbocycles. The molecule has 0 spiro atoms. The molecule has 5 heteroatoms. The lowest BCUT2D eigenvalue weighted by Crippen LogP contribution is -2.30. The Balaban J connectivity index is 2.05. The molecule has 0 aromatic carbocycles. The van der Waals surface area contributed by atoms with Crippen LogP contribution in [0.3, 0.4) is 0 Å². The van der Waals surface area contributed by atoms with Crippen LogP contribution in [0.4, 0.5) is 4.79 Å². The summed E-state index contributed by atoms with van der Waals surface area (Å²) in [5, 5.41) is 5.74. The Morgan fingerprint density at radius 2 is 2.00 bits per heavy atom. The molecule has 2 atom stereocenters. The molecule has 0 aromatic rings. The fraction of sp³-hybridized carbons (Fsp3) is 0.846. The summed E-state index contributed by atoms with van der Waals surface area (Å²) < 4.78 is 0. The molecule has 0 bridgehead atoms. The third-order valence-corrected chi connectivity index (χ3v) is 3.58. The number of nitrogens with zero attached hydrogens (tertiary/aromatic N) is 1. The Kier molecular flexibility index (Phi) is 5.95. The van der Waals surface area contributed by atoms with Gasteiger partial charge in [0.05, 0.1) is 6.04 Å². The number of nitrogens with one attached hydrogen (secondary N) is 2. The molecular weight excluding hydrogens is 230 g/mol. The summed E-state index contributed by atoms with van der Waals surface area (Å²) >= 11 is 0. The minimum atomic E-state index is -0.0627. The number of carbonyl (C=O) groups excluding carboxylic acids is 2. The highest BCUT2D eigenvalue weighted by molar-refractivity contribution is 5.77. The summed E-state index contributed by atoms with van der Waals surface area (Å²) in [5.41, 5.74) is 0. The van der Waals surface area contributed by atoms with Gasteiger partial charge in [-0.3, -0.25) is 4.79 Å². The summed E-state index contributed by atoms with van der Waals surface area (Å²) in [6.07, 6.45) is 4.65. The smallest absolute Gasteiger partial charge is 0.315 e. The molecule has 1 rings (SSSR count). The maximum absolute atomic E-state index is 11.5. The van der Waals surface area contributed by atoms with Crippen LogP contribution in [-0.2, 0) is 4.79 Å². The van der Waals surface area contributed by atoms with Gasteiger partial charge >= 0.3 is 6.03 Å². The molecule has 1 aliphatic heterocycles. The number of urea groups is 1. The predicted molar refractivity (Wildman–Crippen MR) is 71.3 cm³/mol. The molecule has 1 heterocycles. The largest absolute Gasteiger partial charge is 0.346 e. The lowest BCUT2D eigenvalue weighted by molar-refractivity contribution is -0.129. The van der Waals surface area contributed by atoms with Gasteiger partial charge in [0.25, 0.3) is 0 Å². The van der Waals surface area contributed by atoms with Crippen LogP contribution in [0, 0.1) is 0 Å². The van der Waals surface area contributed by atoms with Gasteiger partial charge in [-0.05, 0) is 26.7 Å². The van der Waals surface area contributed by atoms with E-state index in [1.54, 1.807) is 4.90 Å². The molecule has 0 radical (unpaired) electrons. The van der Waals surface area contributed by atoms with E-state index in [-0.39, 0.29) is 24.0 Å². The molecule has 1 aliphatic rings. The summed E-state index contributed by atoms with van der Waals surface area (Å²) in [6, 6.07) is 0.393. The van der Waals surface area contributed by atoms with Crippen LogP contribution in [0.1, 0.15) is 46.0 Å². The zero-order valence-corrected chi connectivity index (χ0v) is 11.7. The topological polar surface area (TPSA) is 61.4 Å². The molecular formula is C13H25N3O2. The molecule has 1 saturated heterocycles. The second-order valence-electron chi connectivity index (χ2n) is 5.02. The third-order valence-electron chi connectivity index (χ3n) is 3.58. The zero-order chi connectivity index (χ0) is 13.5. The van der Waals surface area contributed by atoms with Gasteiger partial charge in [-0.2, -0.15) is 0 Å². The van der Waals surface area contributed by atoms with Gasteiger partial charge in [0.15, 0.2) is 0 Å². The van der Waals surface area contributed by atoms with Crippen LogP contribution >= 0.6 is 0 Å². The van der Waals surface area contributed by atoms with E-state index in [2.05, 4.69) is 10.6 Å². The van der Waals surface area contributed by atoms with Crippen LogP contribution in [0.5, 0.6) is 0 Å². The molecule has 18 heavy (non-hydrogen) atoms. The molecule has 104 valence electrons. The van der Waals surface area contributed by atoms with Gasteiger partial charge in [-0.1, -0.05) is 12.8 Å². The fourth-order valence-electron chi connectivity index (χ4n) is 2.15. The van der Waals surface area contributed by atoms with Gasteiger partial charge in [0.1, 0.15) is 0 Å². The van der Waals surface area contributed by atoms with Crippen molar-refractivity contribution < 1.29 is 9.59 Å². The van der Waals surface area contributed by atoms with Crippen LogP contribution in [0.2, 0.25) is 0 Å². The Bertz CT molecular complexity index is 294. The van der Waals surface area contributed by atoms with E-state index in [1.165, 1.54) is 0 Å². The van der Waals surface area contributed by atoms with Gasteiger partial charge < -0.3 is 15.5 Å². The van der Waals surface area contributed by atoms with Crippen LogP contribution in [0.25, 0.3) is 0 Å². The van der Waals surface area contributed by atoms with Crippen molar-refractivity contribution in [2.45, 2.75) is 58.0 Å². The maximum atomic E-state index is 11.5. The third kappa shape index (κ3) is 4.55. The molecule has 2 unspecified atom stereocenters. The maximum Gasteiger partial charge on any atom is 0.315 e. The van der Waals surface area contributed by atoms with Crippen LogP contribution < -0.4 is 10.6 Å². The number of amides is 3. The molecule has 0 aromatic heterocycles. The Labute approximate surface area is 109 Å². The van der Waals surface area contributed by atoms with E-state index in [1.807, 2.05) is 20.9 Å². The molecule has 2 N–H and O–H groups in total.